The van der Waals surface area contributed by atoms with Crippen LogP contribution in [-0.2, 0) is 0 Å². The van der Waals surface area contributed by atoms with Gasteiger partial charge in [0.1, 0.15) is 0 Å². The summed E-state index contributed by atoms with van der Waals surface area (Å²) in [6.07, 6.45) is 4.15. The molecule has 0 aromatic heterocycles. The van der Waals surface area contributed by atoms with Gasteiger partial charge in [0.15, 0.2) is 0 Å². The van der Waals surface area contributed by atoms with Crippen molar-refractivity contribution in [3.63, 3.8) is 0 Å². The fourth-order valence-electron chi connectivity index (χ4n) is 3.16. The van der Waals surface area contributed by atoms with E-state index in [4.69, 9.17) is 0 Å². The molecule has 0 aromatic carbocycles. The zero-order valence-electron chi connectivity index (χ0n) is 11.7. The van der Waals surface area contributed by atoms with Gasteiger partial charge in [-0.05, 0) is 56.1 Å². The lowest BCUT2D eigenvalue weighted by molar-refractivity contribution is 0.0507. The molecule has 2 nitrogen and oxygen atoms in total. The van der Waals surface area contributed by atoms with Crippen molar-refractivity contribution < 1.29 is 0 Å². The Kier molecular flexibility index (Phi) is 5.75. The number of hydrogen-bond donors (Lipinski definition) is 1. The molecule has 2 saturated heterocycles. The minimum Gasteiger partial charge on any atom is -0.317 e. The average molecular weight is 261 g/mol. The molecule has 2 heterocycles. The second-order valence-corrected chi connectivity index (χ2v) is 6.61. The Balaban J connectivity index is 0.00000144. The highest BCUT2D eigenvalue weighted by atomic mass is 35.5. The van der Waals surface area contributed by atoms with Crippen molar-refractivity contribution in [1.82, 2.24) is 10.2 Å². The highest BCUT2D eigenvalue weighted by Gasteiger charge is 2.33. The standard InChI is InChI=1S/C14H28N2.ClH/c1-12-6-9-16(11-14(12,2)3)10-13-4-7-15-8-5-13;/h12-13,15H,4-11H2,1-3H3;1H. The van der Waals surface area contributed by atoms with Crippen LogP contribution >= 0.6 is 12.4 Å². The van der Waals surface area contributed by atoms with E-state index in [0.717, 1.165) is 11.8 Å². The second-order valence-electron chi connectivity index (χ2n) is 6.61. The van der Waals surface area contributed by atoms with Crippen LogP contribution in [0.15, 0.2) is 0 Å². The van der Waals surface area contributed by atoms with Gasteiger partial charge in [-0.3, -0.25) is 0 Å². The average Bonchev–Trinajstić information content (AvgIpc) is 2.25. The van der Waals surface area contributed by atoms with Crippen molar-refractivity contribution in [2.45, 2.75) is 40.0 Å². The number of rotatable bonds is 2. The van der Waals surface area contributed by atoms with E-state index in [0.29, 0.717) is 5.41 Å². The molecule has 0 aliphatic carbocycles. The van der Waals surface area contributed by atoms with Crippen LogP contribution in [-0.4, -0.2) is 37.6 Å². The Bertz CT molecular complexity index is 224. The molecule has 1 atom stereocenters. The monoisotopic (exact) mass is 260 g/mol. The van der Waals surface area contributed by atoms with Gasteiger partial charge >= 0.3 is 0 Å². The lowest BCUT2D eigenvalue weighted by Gasteiger charge is -2.44. The highest BCUT2D eigenvalue weighted by Crippen LogP contribution is 2.34. The Labute approximate surface area is 113 Å². The van der Waals surface area contributed by atoms with E-state index in [1.165, 1.54) is 52.0 Å². The molecule has 0 bridgehead atoms. The maximum Gasteiger partial charge on any atom is 0.00354 e. The van der Waals surface area contributed by atoms with Crippen molar-refractivity contribution in [3.05, 3.63) is 0 Å². The van der Waals surface area contributed by atoms with E-state index < -0.39 is 0 Å². The number of halogens is 1. The van der Waals surface area contributed by atoms with Gasteiger partial charge in [-0.1, -0.05) is 20.8 Å². The molecule has 1 N–H and O–H groups in total. The molecule has 0 radical (unpaired) electrons. The van der Waals surface area contributed by atoms with Crippen LogP contribution in [0.1, 0.15) is 40.0 Å². The normalized spacial score (nSPS) is 30.9. The third-order valence-electron chi connectivity index (χ3n) is 4.82. The minimum atomic E-state index is 0. The highest BCUT2D eigenvalue weighted by molar-refractivity contribution is 5.85. The van der Waals surface area contributed by atoms with Crippen LogP contribution < -0.4 is 5.32 Å². The van der Waals surface area contributed by atoms with Crippen molar-refractivity contribution in [2.75, 3.05) is 32.7 Å². The van der Waals surface area contributed by atoms with Crippen LogP contribution in [0.5, 0.6) is 0 Å². The molecule has 2 aliphatic heterocycles. The molecule has 2 aliphatic rings. The van der Waals surface area contributed by atoms with Gasteiger partial charge in [-0.25, -0.2) is 0 Å². The maximum absolute atomic E-state index is 3.46. The summed E-state index contributed by atoms with van der Waals surface area (Å²) in [4.78, 5) is 2.72. The molecule has 0 saturated carbocycles. The topological polar surface area (TPSA) is 15.3 Å². The molecule has 102 valence electrons. The third-order valence-corrected chi connectivity index (χ3v) is 4.82. The summed E-state index contributed by atoms with van der Waals surface area (Å²) in [5, 5.41) is 3.46. The van der Waals surface area contributed by atoms with Gasteiger partial charge in [0, 0.05) is 13.1 Å². The third kappa shape index (κ3) is 4.11. The number of piperidine rings is 2. The summed E-state index contributed by atoms with van der Waals surface area (Å²) in [5.41, 5.74) is 0.519. The number of nitrogens with one attached hydrogen (secondary N) is 1. The van der Waals surface area contributed by atoms with Crippen LogP contribution in [0.3, 0.4) is 0 Å². The smallest absolute Gasteiger partial charge is 0.00354 e. The van der Waals surface area contributed by atoms with Gasteiger partial charge in [0.2, 0.25) is 0 Å². The molecule has 17 heavy (non-hydrogen) atoms. The SMILES string of the molecule is CC1CCN(CC2CCNCC2)CC1(C)C.Cl. The van der Waals surface area contributed by atoms with E-state index >= 15 is 0 Å². The predicted molar refractivity (Wildman–Crippen MR) is 76.8 cm³/mol. The minimum absolute atomic E-state index is 0. The molecular formula is C14H29ClN2. The second kappa shape index (κ2) is 6.40. The first kappa shape index (κ1) is 15.3. The van der Waals surface area contributed by atoms with Crippen molar-refractivity contribution in [1.29, 1.82) is 0 Å². The van der Waals surface area contributed by atoms with Crippen LogP contribution in [0.4, 0.5) is 0 Å². The first-order valence-corrected chi connectivity index (χ1v) is 7.01. The van der Waals surface area contributed by atoms with E-state index in [1.54, 1.807) is 0 Å². The molecule has 1 unspecified atom stereocenters. The fourth-order valence-corrected chi connectivity index (χ4v) is 3.16. The van der Waals surface area contributed by atoms with E-state index in [2.05, 4.69) is 31.0 Å². The first-order chi connectivity index (χ1) is 7.58. The summed E-state index contributed by atoms with van der Waals surface area (Å²) >= 11 is 0. The van der Waals surface area contributed by atoms with Gasteiger partial charge in [-0.15, -0.1) is 12.4 Å². The van der Waals surface area contributed by atoms with Gasteiger partial charge in [0.05, 0.1) is 0 Å². The lowest BCUT2D eigenvalue weighted by atomic mass is 9.75. The van der Waals surface area contributed by atoms with Gasteiger partial charge in [0.25, 0.3) is 0 Å². The molecule has 2 rings (SSSR count). The molecule has 0 aromatic rings. The number of hydrogen-bond acceptors (Lipinski definition) is 2. The first-order valence-electron chi connectivity index (χ1n) is 7.01. The van der Waals surface area contributed by atoms with Crippen LogP contribution in [0.2, 0.25) is 0 Å². The van der Waals surface area contributed by atoms with Gasteiger partial charge in [-0.2, -0.15) is 0 Å². The zero-order valence-corrected chi connectivity index (χ0v) is 12.5. The van der Waals surface area contributed by atoms with Crippen molar-refractivity contribution in [3.8, 4) is 0 Å². The number of likely N-dealkylation sites (tertiary alicyclic amines) is 1. The lowest BCUT2D eigenvalue weighted by Crippen LogP contribution is -2.47. The van der Waals surface area contributed by atoms with E-state index in [1.807, 2.05) is 0 Å². The van der Waals surface area contributed by atoms with Crippen molar-refractivity contribution in [2.24, 2.45) is 17.3 Å². The summed E-state index contributed by atoms with van der Waals surface area (Å²) in [7, 11) is 0. The molecule has 0 amide bonds. The maximum atomic E-state index is 3.46. The quantitative estimate of drug-likeness (QED) is 0.822. The summed E-state index contributed by atoms with van der Waals surface area (Å²) in [6, 6.07) is 0. The summed E-state index contributed by atoms with van der Waals surface area (Å²) in [5.74, 6) is 1.84. The number of nitrogens with zero attached hydrogens (tertiary/aromatic N) is 1. The molecular weight excluding hydrogens is 232 g/mol. The Hall–Kier alpha value is 0.210. The van der Waals surface area contributed by atoms with E-state index in [-0.39, 0.29) is 12.4 Å². The summed E-state index contributed by atoms with van der Waals surface area (Å²) < 4.78 is 0. The molecule has 0 spiro atoms. The predicted octanol–water partition coefficient (Wildman–Crippen LogP) is 2.78. The Morgan fingerprint density at radius 3 is 2.41 bits per heavy atom. The zero-order chi connectivity index (χ0) is 11.6. The van der Waals surface area contributed by atoms with Crippen LogP contribution in [0.25, 0.3) is 0 Å². The Morgan fingerprint density at radius 2 is 1.82 bits per heavy atom. The Morgan fingerprint density at radius 1 is 1.18 bits per heavy atom. The van der Waals surface area contributed by atoms with Crippen molar-refractivity contribution >= 4 is 12.4 Å². The molecule has 3 heteroatoms. The van der Waals surface area contributed by atoms with Crippen LogP contribution in [0, 0.1) is 17.3 Å². The summed E-state index contributed by atoms with van der Waals surface area (Å²) in [6.45, 7) is 13.7. The van der Waals surface area contributed by atoms with Gasteiger partial charge < -0.3 is 10.2 Å². The molecule has 2 fully saturated rings. The largest absolute Gasteiger partial charge is 0.317 e. The fraction of sp³-hybridized carbons (Fsp3) is 1.00. The van der Waals surface area contributed by atoms with E-state index in [9.17, 15) is 0 Å².